The fraction of sp³-hybridized carbons (Fsp3) is 0.435. The summed E-state index contributed by atoms with van der Waals surface area (Å²) in [4.78, 5) is 19.1. The number of pyridine rings is 1. The van der Waals surface area contributed by atoms with Gasteiger partial charge in [0.2, 0.25) is 5.91 Å². The van der Waals surface area contributed by atoms with Gasteiger partial charge in [-0.1, -0.05) is 6.07 Å². The molecule has 0 bridgehead atoms. The maximum Gasteiger partial charge on any atom is 0.249 e. The van der Waals surface area contributed by atoms with Gasteiger partial charge in [-0.2, -0.15) is 5.10 Å². The fourth-order valence-corrected chi connectivity index (χ4v) is 4.06. The molecule has 152 valence electrons. The molecule has 1 N–H and O–H groups in total. The molecule has 1 saturated heterocycles. The first kappa shape index (κ1) is 19.6. The summed E-state index contributed by atoms with van der Waals surface area (Å²) < 4.78 is 5.90. The van der Waals surface area contributed by atoms with Gasteiger partial charge in [0, 0.05) is 25.2 Å². The predicted octanol–water partition coefficient (Wildman–Crippen LogP) is 3.34. The van der Waals surface area contributed by atoms with Gasteiger partial charge in [0.1, 0.15) is 5.75 Å². The number of hydrogen-bond donors (Lipinski definition) is 1. The van der Waals surface area contributed by atoms with Crippen LogP contribution in [0.5, 0.6) is 5.75 Å². The van der Waals surface area contributed by atoms with Crippen LogP contribution in [0.25, 0.3) is 0 Å². The van der Waals surface area contributed by atoms with Gasteiger partial charge in [-0.05, 0) is 74.7 Å². The number of carbonyl (C=O) groups excluding carboxylic acids is 1. The molecule has 1 aromatic carbocycles. The van der Waals surface area contributed by atoms with Crippen LogP contribution in [0.2, 0.25) is 0 Å². The van der Waals surface area contributed by atoms with Gasteiger partial charge < -0.3 is 9.64 Å². The zero-order valence-electron chi connectivity index (χ0n) is 16.9. The second-order valence-corrected chi connectivity index (χ2v) is 7.80. The minimum atomic E-state index is -0.312. The molecule has 6 nitrogen and oxygen atoms in total. The maximum atomic E-state index is 12.2. The summed E-state index contributed by atoms with van der Waals surface area (Å²) in [6, 6.07) is 14.3. The molecule has 0 saturated carbocycles. The van der Waals surface area contributed by atoms with Crippen LogP contribution in [0.4, 0.5) is 0 Å². The first-order valence-electron chi connectivity index (χ1n) is 10.5. The van der Waals surface area contributed by atoms with Crippen LogP contribution >= 0.6 is 0 Å². The van der Waals surface area contributed by atoms with Crippen LogP contribution in [0.3, 0.4) is 0 Å². The number of amides is 1. The summed E-state index contributed by atoms with van der Waals surface area (Å²) in [7, 11) is 0. The quantitative estimate of drug-likeness (QED) is 0.734. The van der Waals surface area contributed by atoms with Gasteiger partial charge in [0.05, 0.1) is 23.9 Å². The van der Waals surface area contributed by atoms with E-state index in [0.29, 0.717) is 12.5 Å². The van der Waals surface area contributed by atoms with Crippen LogP contribution in [0, 0.1) is 0 Å². The minimum absolute atomic E-state index is 0.111. The Balaban J connectivity index is 1.31. The van der Waals surface area contributed by atoms with E-state index in [1.54, 1.807) is 6.20 Å². The van der Waals surface area contributed by atoms with Crippen molar-refractivity contribution in [2.75, 3.05) is 19.7 Å². The van der Waals surface area contributed by atoms with Crippen LogP contribution in [0.1, 0.15) is 49.8 Å². The standard InChI is InChI=1S/C23H28N4O2/c1-17-6-4-13-27(17)14-5-15-29-19-10-8-18(9-11-19)22-16-20(23(28)26-25-22)21-7-2-3-12-24-21/h2-3,7-12,17,20H,4-6,13-16H2,1H3,(H,26,28). The zero-order chi connectivity index (χ0) is 20.1. The molecule has 2 unspecified atom stereocenters. The highest BCUT2D eigenvalue weighted by Gasteiger charge is 2.28. The van der Waals surface area contributed by atoms with E-state index in [2.05, 4.69) is 27.3 Å². The lowest BCUT2D eigenvalue weighted by molar-refractivity contribution is -0.122. The van der Waals surface area contributed by atoms with Crippen molar-refractivity contribution in [3.8, 4) is 5.75 Å². The summed E-state index contributed by atoms with van der Waals surface area (Å²) in [5.74, 6) is 0.442. The molecule has 3 heterocycles. The Bertz CT molecular complexity index is 851. The van der Waals surface area contributed by atoms with Gasteiger partial charge in [-0.15, -0.1) is 0 Å². The normalized spacial score (nSPS) is 22.2. The number of hydrogen-bond acceptors (Lipinski definition) is 5. The van der Waals surface area contributed by atoms with Crippen molar-refractivity contribution in [2.24, 2.45) is 5.10 Å². The summed E-state index contributed by atoms with van der Waals surface area (Å²) in [6.45, 7) is 5.35. The highest BCUT2D eigenvalue weighted by molar-refractivity contribution is 6.06. The van der Waals surface area contributed by atoms with E-state index in [1.807, 2.05) is 42.5 Å². The summed E-state index contributed by atoms with van der Waals surface area (Å²) in [6.07, 6.45) is 5.92. The third-order valence-corrected chi connectivity index (χ3v) is 5.80. The Morgan fingerprint density at radius 1 is 1.21 bits per heavy atom. The van der Waals surface area contributed by atoms with Crippen LogP contribution in [-0.2, 0) is 4.79 Å². The van der Waals surface area contributed by atoms with E-state index in [-0.39, 0.29) is 11.8 Å². The molecule has 0 radical (unpaired) electrons. The summed E-state index contributed by atoms with van der Waals surface area (Å²) in [5.41, 5.74) is 5.25. The van der Waals surface area contributed by atoms with Crippen molar-refractivity contribution < 1.29 is 9.53 Å². The Morgan fingerprint density at radius 3 is 2.79 bits per heavy atom. The third kappa shape index (κ3) is 4.82. The molecular formula is C23H28N4O2. The number of nitrogens with zero attached hydrogens (tertiary/aromatic N) is 3. The lowest BCUT2D eigenvalue weighted by atomic mass is 9.92. The van der Waals surface area contributed by atoms with Gasteiger partial charge >= 0.3 is 0 Å². The van der Waals surface area contributed by atoms with Crippen LogP contribution in [0.15, 0.2) is 53.8 Å². The number of carbonyl (C=O) groups is 1. The van der Waals surface area contributed by atoms with Crippen LogP contribution in [-0.4, -0.2) is 47.2 Å². The van der Waals surface area contributed by atoms with E-state index in [9.17, 15) is 4.79 Å². The van der Waals surface area contributed by atoms with E-state index >= 15 is 0 Å². The largest absolute Gasteiger partial charge is 0.494 e. The second-order valence-electron chi connectivity index (χ2n) is 7.80. The molecule has 1 fully saturated rings. The van der Waals surface area contributed by atoms with Crippen molar-refractivity contribution in [2.45, 2.75) is 44.6 Å². The Morgan fingerprint density at radius 2 is 2.07 bits per heavy atom. The Hall–Kier alpha value is -2.73. The molecule has 1 amide bonds. The Kier molecular flexibility index (Phi) is 6.20. The van der Waals surface area contributed by atoms with Gasteiger partial charge in [-0.3, -0.25) is 9.78 Å². The average molecular weight is 393 g/mol. The van der Waals surface area contributed by atoms with E-state index < -0.39 is 0 Å². The molecule has 29 heavy (non-hydrogen) atoms. The predicted molar refractivity (Wildman–Crippen MR) is 113 cm³/mol. The molecule has 4 rings (SSSR count). The third-order valence-electron chi connectivity index (χ3n) is 5.80. The first-order chi connectivity index (χ1) is 14.2. The van der Waals surface area contributed by atoms with Gasteiger partial charge in [-0.25, -0.2) is 5.43 Å². The number of benzene rings is 1. The number of nitrogens with one attached hydrogen (secondary N) is 1. The highest BCUT2D eigenvalue weighted by Crippen LogP contribution is 2.25. The SMILES string of the molecule is CC1CCCN1CCCOc1ccc(C2=NNC(=O)C(c3ccccn3)C2)cc1. The van der Waals surface area contributed by atoms with Crippen molar-refractivity contribution in [1.82, 2.24) is 15.3 Å². The van der Waals surface area contributed by atoms with E-state index in [4.69, 9.17) is 4.74 Å². The second kappa shape index (κ2) is 9.18. The lowest BCUT2D eigenvalue weighted by Gasteiger charge is -2.21. The zero-order valence-corrected chi connectivity index (χ0v) is 16.9. The molecule has 0 spiro atoms. The molecule has 2 aliphatic heterocycles. The number of ether oxygens (including phenoxy) is 1. The van der Waals surface area contributed by atoms with Crippen molar-refractivity contribution in [3.63, 3.8) is 0 Å². The van der Waals surface area contributed by atoms with Gasteiger partial charge in [0.25, 0.3) is 0 Å². The van der Waals surface area contributed by atoms with Crippen molar-refractivity contribution >= 4 is 11.6 Å². The number of rotatable bonds is 7. The summed E-state index contributed by atoms with van der Waals surface area (Å²) in [5, 5.41) is 4.26. The molecular weight excluding hydrogens is 364 g/mol. The monoisotopic (exact) mass is 392 g/mol. The molecule has 2 atom stereocenters. The molecule has 0 aliphatic carbocycles. The number of likely N-dealkylation sites (tertiary alicyclic amines) is 1. The molecule has 2 aromatic rings. The first-order valence-corrected chi connectivity index (χ1v) is 10.5. The molecule has 2 aliphatic rings. The van der Waals surface area contributed by atoms with E-state index in [0.717, 1.165) is 42.3 Å². The lowest BCUT2D eigenvalue weighted by Crippen LogP contribution is -2.33. The minimum Gasteiger partial charge on any atom is -0.494 e. The average Bonchev–Trinajstić information content (AvgIpc) is 3.17. The summed E-state index contributed by atoms with van der Waals surface area (Å²) >= 11 is 0. The highest BCUT2D eigenvalue weighted by atomic mass is 16.5. The maximum absolute atomic E-state index is 12.2. The van der Waals surface area contributed by atoms with Crippen LogP contribution < -0.4 is 10.2 Å². The van der Waals surface area contributed by atoms with E-state index in [1.165, 1.54) is 19.4 Å². The fourth-order valence-electron chi connectivity index (χ4n) is 4.06. The number of aromatic nitrogens is 1. The van der Waals surface area contributed by atoms with Crippen molar-refractivity contribution in [1.29, 1.82) is 0 Å². The Labute approximate surface area is 172 Å². The molecule has 1 aromatic heterocycles. The van der Waals surface area contributed by atoms with Crippen molar-refractivity contribution in [3.05, 3.63) is 59.9 Å². The molecule has 6 heteroatoms. The van der Waals surface area contributed by atoms with Gasteiger partial charge in [0.15, 0.2) is 0 Å². The number of hydrazone groups is 1. The smallest absolute Gasteiger partial charge is 0.249 e. The topological polar surface area (TPSA) is 66.8 Å².